The van der Waals surface area contributed by atoms with Crippen LogP contribution in [0.4, 0.5) is 5.82 Å². The largest absolute Gasteiger partial charge is 0.369 e. The minimum absolute atomic E-state index is 0.274. The van der Waals surface area contributed by atoms with Crippen LogP contribution in [0.25, 0.3) is 10.2 Å². The standard InChI is InChI=1S/C20H28N4OS/c1-13-7-15-17(22-12-23-18(15)26-13)21-6-5-16(25)24-11-20(4)9-14(24)8-19(2,3)10-20/h7,12,14H,5-6,8-11H2,1-4H3,(H,21,22,23). The second-order valence-corrected chi connectivity index (χ2v) is 10.4. The lowest BCUT2D eigenvalue weighted by Gasteiger charge is -2.39. The maximum atomic E-state index is 12.9. The molecular formula is C20H28N4OS. The number of nitrogens with one attached hydrogen (secondary N) is 1. The maximum absolute atomic E-state index is 12.9. The molecule has 2 aliphatic rings. The molecule has 2 aromatic rings. The van der Waals surface area contributed by atoms with Gasteiger partial charge in [-0.1, -0.05) is 20.8 Å². The van der Waals surface area contributed by atoms with E-state index in [9.17, 15) is 4.79 Å². The van der Waals surface area contributed by atoms with E-state index in [4.69, 9.17) is 0 Å². The summed E-state index contributed by atoms with van der Waals surface area (Å²) >= 11 is 1.67. The molecule has 1 amide bonds. The number of amides is 1. The van der Waals surface area contributed by atoms with Crippen LogP contribution in [-0.4, -0.2) is 39.9 Å². The van der Waals surface area contributed by atoms with Crippen molar-refractivity contribution in [3.63, 3.8) is 0 Å². The van der Waals surface area contributed by atoms with Crippen molar-refractivity contribution >= 4 is 33.3 Å². The molecule has 0 aromatic carbocycles. The molecule has 1 N–H and O–H groups in total. The Morgan fingerprint density at radius 3 is 2.96 bits per heavy atom. The first-order valence-electron chi connectivity index (χ1n) is 9.49. The first-order valence-corrected chi connectivity index (χ1v) is 10.3. The van der Waals surface area contributed by atoms with E-state index in [0.29, 0.717) is 29.8 Å². The molecule has 2 unspecified atom stereocenters. The van der Waals surface area contributed by atoms with Crippen molar-refractivity contribution in [3.8, 4) is 0 Å². The van der Waals surface area contributed by atoms with Crippen LogP contribution in [0.1, 0.15) is 51.3 Å². The molecule has 4 rings (SSSR count). The molecule has 1 aliphatic heterocycles. The van der Waals surface area contributed by atoms with Gasteiger partial charge in [0.05, 0.1) is 5.39 Å². The summed E-state index contributed by atoms with van der Waals surface area (Å²) in [6.45, 7) is 10.6. The second-order valence-electron chi connectivity index (χ2n) is 9.21. The Morgan fingerprint density at radius 2 is 2.15 bits per heavy atom. The van der Waals surface area contributed by atoms with Gasteiger partial charge in [0.2, 0.25) is 5.91 Å². The van der Waals surface area contributed by atoms with Gasteiger partial charge < -0.3 is 10.2 Å². The lowest BCUT2D eigenvalue weighted by molar-refractivity contribution is -0.132. The van der Waals surface area contributed by atoms with E-state index in [1.807, 2.05) is 0 Å². The van der Waals surface area contributed by atoms with E-state index in [2.05, 4.69) is 53.9 Å². The predicted octanol–water partition coefficient (Wildman–Crippen LogP) is 4.23. The van der Waals surface area contributed by atoms with Crippen LogP contribution in [0, 0.1) is 17.8 Å². The third-order valence-corrected chi connectivity index (χ3v) is 6.78. The summed E-state index contributed by atoms with van der Waals surface area (Å²) < 4.78 is 0. The SMILES string of the molecule is Cc1cc2c(NCCC(=O)N3CC4(C)CC3CC(C)(C)C4)ncnc2s1. The Labute approximate surface area is 159 Å². The van der Waals surface area contributed by atoms with E-state index in [1.54, 1.807) is 17.7 Å². The minimum Gasteiger partial charge on any atom is -0.369 e. The predicted molar refractivity (Wildman–Crippen MR) is 106 cm³/mol. The highest BCUT2D eigenvalue weighted by Gasteiger charge is 2.50. The van der Waals surface area contributed by atoms with Gasteiger partial charge in [0.1, 0.15) is 17.0 Å². The van der Waals surface area contributed by atoms with Gasteiger partial charge in [0.15, 0.2) is 0 Å². The topological polar surface area (TPSA) is 58.1 Å². The van der Waals surface area contributed by atoms with Gasteiger partial charge in [0.25, 0.3) is 0 Å². The highest BCUT2D eigenvalue weighted by molar-refractivity contribution is 7.18. The fourth-order valence-electron chi connectivity index (χ4n) is 5.30. The molecule has 2 bridgehead atoms. The van der Waals surface area contributed by atoms with Crippen molar-refractivity contribution in [2.24, 2.45) is 10.8 Å². The first kappa shape index (κ1) is 17.7. The van der Waals surface area contributed by atoms with Crippen LogP contribution in [0.5, 0.6) is 0 Å². The fourth-order valence-corrected chi connectivity index (χ4v) is 6.15. The molecule has 1 aliphatic carbocycles. The molecule has 1 saturated carbocycles. The van der Waals surface area contributed by atoms with E-state index >= 15 is 0 Å². The van der Waals surface area contributed by atoms with Crippen molar-refractivity contribution in [3.05, 3.63) is 17.3 Å². The average molecular weight is 373 g/mol. The fraction of sp³-hybridized carbons (Fsp3) is 0.650. The quantitative estimate of drug-likeness (QED) is 0.872. The lowest BCUT2D eigenvalue weighted by atomic mass is 9.65. The molecule has 3 heterocycles. The van der Waals surface area contributed by atoms with E-state index in [0.717, 1.165) is 35.4 Å². The smallest absolute Gasteiger partial charge is 0.224 e. The van der Waals surface area contributed by atoms with Crippen molar-refractivity contribution in [1.29, 1.82) is 0 Å². The Hall–Kier alpha value is -1.69. The summed E-state index contributed by atoms with van der Waals surface area (Å²) in [5, 5.41) is 4.40. The Morgan fingerprint density at radius 1 is 1.35 bits per heavy atom. The van der Waals surface area contributed by atoms with Gasteiger partial charge >= 0.3 is 0 Å². The molecule has 2 atom stereocenters. The van der Waals surface area contributed by atoms with Gasteiger partial charge in [-0.2, -0.15) is 0 Å². The molecule has 2 fully saturated rings. The molecule has 140 valence electrons. The molecule has 1 saturated heterocycles. The van der Waals surface area contributed by atoms with Gasteiger partial charge in [-0.05, 0) is 43.1 Å². The van der Waals surface area contributed by atoms with Crippen LogP contribution in [0.3, 0.4) is 0 Å². The van der Waals surface area contributed by atoms with Crippen LogP contribution >= 0.6 is 11.3 Å². The van der Waals surface area contributed by atoms with Crippen molar-refractivity contribution in [2.45, 2.75) is 59.4 Å². The van der Waals surface area contributed by atoms with Crippen LogP contribution < -0.4 is 5.32 Å². The van der Waals surface area contributed by atoms with Gasteiger partial charge in [-0.25, -0.2) is 9.97 Å². The van der Waals surface area contributed by atoms with Crippen LogP contribution in [0.15, 0.2) is 12.4 Å². The second kappa shape index (κ2) is 6.19. The average Bonchev–Trinajstić information content (AvgIpc) is 3.02. The third kappa shape index (κ3) is 3.31. The number of hydrogen-bond acceptors (Lipinski definition) is 5. The zero-order valence-corrected chi connectivity index (χ0v) is 16.9. The summed E-state index contributed by atoms with van der Waals surface area (Å²) in [5.41, 5.74) is 0.636. The van der Waals surface area contributed by atoms with Gasteiger partial charge in [0, 0.05) is 30.4 Å². The summed E-state index contributed by atoms with van der Waals surface area (Å²) in [6, 6.07) is 2.53. The first-order chi connectivity index (χ1) is 12.2. The number of thiophene rings is 1. The van der Waals surface area contributed by atoms with Gasteiger partial charge in [-0.3, -0.25) is 4.79 Å². The highest BCUT2D eigenvalue weighted by Crippen LogP contribution is 2.52. The van der Waals surface area contributed by atoms with Crippen LogP contribution in [0.2, 0.25) is 0 Å². The minimum atomic E-state index is 0.274. The third-order valence-electron chi connectivity index (χ3n) is 5.82. The number of nitrogens with zero attached hydrogens (tertiary/aromatic N) is 3. The number of anilines is 1. The molecular weight excluding hydrogens is 344 g/mol. The number of rotatable bonds is 4. The summed E-state index contributed by atoms with van der Waals surface area (Å²) in [5.74, 6) is 1.11. The van der Waals surface area contributed by atoms with E-state index in [1.165, 1.54) is 11.3 Å². The maximum Gasteiger partial charge on any atom is 0.224 e. The lowest BCUT2D eigenvalue weighted by Crippen LogP contribution is -2.38. The van der Waals surface area contributed by atoms with E-state index < -0.39 is 0 Å². The zero-order valence-electron chi connectivity index (χ0n) is 16.1. The Balaban J connectivity index is 1.39. The van der Waals surface area contributed by atoms with Crippen molar-refractivity contribution in [2.75, 3.05) is 18.4 Å². The van der Waals surface area contributed by atoms with Crippen molar-refractivity contribution in [1.82, 2.24) is 14.9 Å². The molecule has 5 nitrogen and oxygen atoms in total. The van der Waals surface area contributed by atoms with Crippen molar-refractivity contribution < 1.29 is 4.79 Å². The number of carbonyl (C=O) groups is 1. The molecule has 2 aromatic heterocycles. The number of hydrogen-bond donors (Lipinski definition) is 1. The molecule has 26 heavy (non-hydrogen) atoms. The summed E-state index contributed by atoms with van der Waals surface area (Å²) in [7, 11) is 0. The van der Waals surface area contributed by atoms with Gasteiger partial charge in [-0.15, -0.1) is 11.3 Å². The number of aryl methyl sites for hydroxylation is 1. The number of likely N-dealkylation sites (tertiary alicyclic amines) is 1. The summed E-state index contributed by atoms with van der Waals surface area (Å²) in [6.07, 6.45) is 5.62. The molecule has 0 spiro atoms. The summed E-state index contributed by atoms with van der Waals surface area (Å²) in [4.78, 5) is 25.9. The van der Waals surface area contributed by atoms with E-state index in [-0.39, 0.29) is 5.91 Å². The number of carbonyl (C=O) groups excluding carboxylic acids is 1. The Kier molecular flexibility index (Phi) is 4.21. The molecule has 6 heteroatoms. The monoisotopic (exact) mass is 372 g/mol. The number of fused-ring (bicyclic) bond motifs is 3. The van der Waals surface area contributed by atoms with Crippen LogP contribution in [-0.2, 0) is 4.79 Å². The zero-order chi connectivity index (χ0) is 18.5. The normalized spacial score (nSPS) is 27.1. The number of aromatic nitrogens is 2. The highest BCUT2D eigenvalue weighted by atomic mass is 32.1. The molecule has 0 radical (unpaired) electrons. The Bertz CT molecular complexity index is 845.